The van der Waals surface area contributed by atoms with Crippen molar-refractivity contribution in [1.82, 2.24) is 4.98 Å². The Balaban J connectivity index is 2.08. The molecule has 1 saturated carbocycles. The molecular weight excluding hydrogens is 278 g/mol. The molecule has 1 aromatic rings. The number of rotatable bonds is 3. The molecule has 0 saturated heterocycles. The van der Waals surface area contributed by atoms with Gasteiger partial charge in [0.1, 0.15) is 0 Å². The fourth-order valence-corrected chi connectivity index (χ4v) is 2.90. The van der Waals surface area contributed by atoms with Crippen LogP contribution in [-0.2, 0) is 14.6 Å². The topological polar surface area (TPSA) is 102 Å². The van der Waals surface area contributed by atoms with Crippen LogP contribution in [0.25, 0.3) is 0 Å². The summed E-state index contributed by atoms with van der Waals surface area (Å²) in [7, 11) is -3.33. The summed E-state index contributed by atoms with van der Waals surface area (Å²) in [6.07, 6.45) is 6.79. The van der Waals surface area contributed by atoms with Crippen LogP contribution >= 0.6 is 0 Å². The van der Waals surface area contributed by atoms with E-state index in [0.29, 0.717) is 18.5 Å². The first-order chi connectivity index (χ1) is 9.31. The van der Waals surface area contributed by atoms with Crippen LogP contribution in [-0.4, -0.2) is 31.1 Å². The van der Waals surface area contributed by atoms with Crippen LogP contribution in [0.15, 0.2) is 23.4 Å². The van der Waals surface area contributed by atoms with Crippen molar-refractivity contribution in [3.8, 4) is 0 Å². The van der Waals surface area contributed by atoms with Gasteiger partial charge in [-0.05, 0) is 25.0 Å². The molecule has 0 aromatic carbocycles. The number of amides is 1. The fourth-order valence-electron chi connectivity index (χ4n) is 2.34. The molecule has 3 N–H and O–H groups in total. The number of carbonyl (C=O) groups excluding carboxylic acids is 1. The van der Waals surface area contributed by atoms with E-state index in [1.54, 1.807) is 0 Å². The second-order valence-corrected chi connectivity index (χ2v) is 7.29. The van der Waals surface area contributed by atoms with Crippen LogP contribution in [0.5, 0.6) is 0 Å². The minimum absolute atomic E-state index is 0.0179. The van der Waals surface area contributed by atoms with Crippen LogP contribution in [0.3, 0.4) is 0 Å². The summed E-state index contributed by atoms with van der Waals surface area (Å²) in [5.74, 6) is -0.230. The Bertz CT molecular complexity index is 590. The summed E-state index contributed by atoms with van der Waals surface area (Å²) in [4.78, 5) is 16.0. The zero-order valence-corrected chi connectivity index (χ0v) is 12.2. The van der Waals surface area contributed by atoms with Crippen molar-refractivity contribution in [3.63, 3.8) is 0 Å². The van der Waals surface area contributed by atoms with Gasteiger partial charge in [-0.25, -0.2) is 13.4 Å². The van der Waals surface area contributed by atoms with Gasteiger partial charge in [-0.1, -0.05) is 19.3 Å². The summed E-state index contributed by atoms with van der Waals surface area (Å²) in [5.41, 5.74) is 5.75. The normalized spacial score (nSPS) is 18.5. The number of nitrogens with two attached hydrogens (primary N) is 1. The van der Waals surface area contributed by atoms with E-state index in [4.69, 9.17) is 5.73 Å². The molecule has 1 fully saturated rings. The SMILES string of the molecule is CS(=O)(=O)c1ccc(NC(=O)C2(N)CCCCC2)cn1. The predicted octanol–water partition coefficient (Wildman–Crippen LogP) is 1.09. The van der Waals surface area contributed by atoms with E-state index in [9.17, 15) is 13.2 Å². The van der Waals surface area contributed by atoms with Crippen molar-refractivity contribution in [2.75, 3.05) is 11.6 Å². The number of anilines is 1. The van der Waals surface area contributed by atoms with E-state index in [1.165, 1.54) is 18.3 Å². The Hall–Kier alpha value is -1.47. The molecule has 1 aliphatic carbocycles. The lowest BCUT2D eigenvalue weighted by molar-refractivity contribution is -0.122. The van der Waals surface area contributed by atoms with Crippen LogP contribution < -0.4 is 11.1 Å². The van der Waals surface area contributed by atoms with Gasteiger partial charge in [0.15, 0.2) is 14.9 Å². The maximum Gasteiger partial charge on any atom is 0.244 e. The van der Waals surface area contributed by atoms with Crippen LogP contribution in [0.2, 0.25) is 0 Å². The first-order valence-corrected chi connectivity index (χ1v) is 8.47. The van der Waals surface area contributed by atoms with E-state index in [-0.39, 0.29) is 10.9 Å². The monoisotopic (exact) mass is 297 g/mol. The molecule has 2 rings (SSSR count). The number of hydrogen-bond acceptors (Lipinski definition) is 5. The molecule has 0 bridgehead atoms. The van der Waals surface area contributed by atoms with Gasteiger partial charge in [0.2, 0.25) is 5.91 Å². The number of aromatic nitrogens is 1. The third-order valence-corrected chi connectivity index (χ3v) is 4.57. The summed E-state index contributed by atoms with van der Waals surface area (Å²) in [6, 6.07) is 2.89. The van der Waals surface area contributed by atoms with Crippen LogP contribution in [0, 0.1) is 0 Å². The lowest BCUT2D eigenvalue weighted by Gasteiger charge is -2.31. The van der Waals surface area contributed by atoms with Gasteiger partial charge in [0.05, 0.1) is 17.4 Å². The van der Waals surface area contributed by atoms with Gasteiger partial charge in [0, 0.05) is 6.26 Å². The van der Waals surface area contributed by atoms with E-state index < -0.39 is 15.4 Å². The van der Waals surface area contributed by atoms with Crippen molar-refractivity contribution in [1.29, 1.82) is 0 Å². The highest BCUT2D eigenvalue weighted by Gasteiger charge is 2.35. The molecule has 20 heavy (non-hydrogen) atoms. The molecule has 7 heteroatoms. The summed E-state index contributed by atoms with van der Waals surface area (Å²) >= 11 is 0. The number of carbonyl (C=O) groups is 1. The molecule has 1 aromatic heterocycles. The number of pyridine rings is 1. The Morgan fingerprint density at radius 1 is 1.30 bits per heavy atom. The maximum atomic E-state index is 12.2. The van der Waals surface area contributed by atoms with Crippen molar-refractivity contribution in [2.24, 2.45) is 5.73 Å². The molecule has 0 atom stereocenters. The van der Waals surface area contributed by atoms with Crippen molar-refractivity contribution < 1.29 is 13.2 Å². The first-order valence-electron chi connectivity index (χ1n) is 6.58. The highest BCUT2D eigenvalue weighted by molar-refractivity contribution is 7.90. The largest absolute Gasteiger partial charge is 0.323 e. The van der Waals surface area contributed by atoms with Gasteiger partial charge in [-0.15, -0.1) is 0 Å². The number of hydrogen-bond donors (Lipinski definition) is 2. The Morgan fingerprint density at radius 2 is 1.95 bits per heavy atom. The molecule has 110 valence electrons. The van der Waals surface area contributed by atoms with Crippen LogP contribution in [0.4, 0.5) is 5.69 Å². The maximum absolute atomic E-state index is 12.2. The average molecular weight is 297 g/mol. The summed E-state index contributed by atoms with van der Waals surface area (Å²) in [6.45, 7) is 0. The average Bonchev–Trinajstić information content (AvgIpc) is 2.39. The second kappa shape index (κ2) is 5.49. The molecule has 0 radical (unpaired) electrons. The third-order valence-electron chi connectivity index (χ3n) is 3.57. The lowest BCUT2D eigenvalue weighted by Crippen LogP contribution is -2.52. The smallest absolute Gasteiger partial charge is 0.244 e. The molecular formula is C13H19N3O3S. The van der Waals surface area contributed by atoms with Gasteiger partial charge in [-0.3, -0.25) is 4.79 Å². The molecule has 0 spiro atoms. The van der Waals surface area contributed by atoms with Crippen molar-refractivity contribution >= 4 is 21.4 Å². The van der Waals surface area contributed by atoms with Crippen molar-refractivity contribution in [3.05, 3.63) is 18.3 Å². The van der Waals surface area contributed by atoms with E-state index in [2.05, 4.69) is 10.3 Å². The minimum atomic E-state index is -3.33. The molecule has 0 unspecified atom stereocenters. The molecule has 0 aliphatic heterocycles. The first kappa shape index (κ1) is 14.9. The quantitative estimate of drug-likeness (QED) is 0.869. The van der Waals surface area contributed by atoms with E-state index in [1.807, 2.05) is 0 Å². The lowest BCUT2D eigenvalue weighted by atomic mass is 9.82. The Morgan fingerprint density at radius 3 is 2.45 bits per heavy atom. The van der Waals surface area contributed by atoms with Crippen molar-refractivity contribution in [2.45, 2.75) is 42.7 Å². The van der Waals surface area contributed by atoms with E-state index in [0.717, 1.165) is 25.5 Å². The number of sulfone groups is 1. The van der Waals surface area contributed by atoms with Gasteiger partial charge in [0.25, 0.3) is 0 Å². The molecule has 1 amide bonds. The summed E-state index contributed by atoms with van der Waals surface area (Å²) < 4.78 is 22.6. The van der Waals surface area contributed by atoms with Crippen LogP contribution in [0.1, 0.15) is 32.1 Å². The third kappa shape index (κ3) is 3.34. The standard InChI is InChI=1S/C13H19N3O3S/c1-20(18,19)11-6-5-10(9-15-11)16-12(17)13(14)7-3-2-4-8-13/h5-6,9H,2-4,7-8,14H2,1H3,(H,16,17). The summed E-state index contributed by atoms with van der Waals surface area (Å²) in [5, 5.41) is 2.69. The minimum Gasteiger partial charge on any atom is -0.323 e. The Labute approximate surface area is 118 Å². The predicted molar refractivity (Wildman–Crippen MR) is 76.0 cm³/mol. The molecule has 1 aliphatic rings. The fraction of sp³-hybridized carbons (Fsp3) is 0.538. The highest BCUT2D eigenvalue weighted by Crippen LogP contribution is 2.27. The highest BCUT2D eigenvalue weighted by atomic mass is 32.2. The molecule has 6 nitrogen and oxygen atoms in total. The zero-order valence-electron chi connectivity index (χ0n) is 11.4. The second-order valence-electron chi connectivity index (χ2n) is 5.33. The van der Waals surface area contributed by atoms with Gasteiger partial charge >= 0.3 is 0 Å². The van der Waals surface area contributed by atoms with Gasteiger partial charge in [-0.2, -0.15) is 0 Å². The van der Waals surface area contributed by atoms with Gasteiger partial charge < -0.3 is 11.1 Å². The van der Waals surface area contributed by atoms with E-state index >= 15 is 0 Å². The zero-order chi connectivity index (χ0) is 14.8. The number of nitrogens with one attached hydrogen (secondary N) is 1. The number of nitrogens with zero attached hydrogens (tertiary/aromatic N) is 1. The molecule has 1 heterocycles. The Kier molecular flexibility index (Phi) is 4.10.